The van der Waals surface area contributed by atoms with Crippen LogP contribution in [-0.2, 0) is 4.74 Å². The van der Waals surface area contributed by atoms with Crippen molar-refractivity contribution < 1.29 is 9.53 Å². The number of anilines is 1. The molecule has 0 saturated carbocycles. The van der Waals surface area contributed by atoms with E-state index in [1.165, 1.54) is 7.11 Å². The first kappa shape index (κ1) is 15.3. The number of nitrogens with zero attached hydrogens (tertiary/aromatic N) is 2. The molecular formula is C14H11Cl2N3O2. The van der Waals surface area contributed by atoms with Gasteiger partial charge >= 0.3 is 5.97 Å². The van der Waals surface area contributed by atoms with Gasteiger partial charge in [0.2, 0.25) is 0 Å². The predicted molar refractivity (Wildman–Crippen MR) is 82.4 cm³/mol. The van der Waals surface area contributed by atoms with Crippen LogP contribution in [0.4, 0.5) is 11.4 Å². The molecular weight excluding hydrogens is 313 g/mol. The van der Waals surface area contributed by atoms with E-state index in [-0.39, 0.29) is 0 Å². The highest BCUT2D eigenvalue weighted by Crippen LogP contribution is 2.32. The number of carbonyl (C=O) groups excluding carboxylic acids is 1. The molecule has 0 fully saturated rings. The molecule has 21 heavy (non-hydrogen) atoms. The number of esters is 1. The zero-order chi connectivity index (χ0) is 15.2. The van der Waals surface area contributed by atoms with E-state index >= 15 is 0 Å². The first-order valence-corrected chi connectivity index (χ1v) is 6.66. The van der Waals surface area contributed by atoms with Gasteiger partial charge in [-0.3, -0.25) is 5.43 Å². The lowest BCUT2D eigenvalue weighted by Gasteiger charge is -2.02. The standard InChI is InChI=1S/C14H11Cl2N3O2/c1-21-14(20)9-5-7-10(8-6-9)17-19-18-13-11(15)3-2-4-12(13)16/h2-8H,1H3,(H,17,18). The monoisotopic (exact) mass is 323 g/mol. The second kappa shape index (κ2) is 7.06. The van der Waals surface area contributed by atoms with Crippen molar-refractivity contribution in [3.63, 3.8) is 0 Å². The van der Waals surface area contributed by atoms with Crippen LogP contribution in [0.5, 0.6) is 0 Å². The van der Waals surface area contributed by atoms with E-state index in [0.29, 0.717) is 27.0 Å². The summed E-state index contributed by atoms with van der Waals surface area (Å²) in [7, 11) is 1.33. The zero-order valence-corrected chi connectivity index (χ0v) is 12.5. The van der Waals surface area contributed by atoms with Crippen molar-refractivity contribution in [2.75, 3.05) is 12.5 Å². The summed E-state index contributed by atoms with van der Waals surface area (Å²) in [6.45, 7) is 0. The summed E-state index contributed by atoms with van der Waals surface area (Å²) in [5.41, 5.74) is 4.22. The van der Waals surface area contributed by atoms with Gasteiger partial charge in [-0.05, 0) is 36.4 Å². The number of ether oxygens (including phenoxy) is 1. The molecule has 0 bridgehead atoms. The molecule has 5 nitrogen and oxygen atoms in total. The fraction of sp³-hybridized carbons (Fsp3) is 0.0714. The van der Waals surface area contributed by atoms with Gasteiger partial charge in [-0.2, -0.15) is 0 Å². The van der Waals surface area contributed by atoms with Gasteiger partial charge in [0.15, 0.2) is 0 Å². The van der Waals surface area contributed by atoms with Crippen LogP contribution in [0.3, 0.4) is 0 Å². The summed E-state index contributed by atoms with van der Waals surface area (Å²) in [6.07, 6.45) is 0. The topological polar surface area (TPSA) is 63.0 Å². The van der Waals surface area contributed by atoms with Crippen molar-refractivity contribution in [2.24, 2.45) is 10.3 Å². The molecule has 0 spiro atoms. The molecule has 0 aliphatic rings. The highest BCUT2D eigenvalue weighted by atomic mass is 35.5. The third kappa shape index (κ3) is 3.93. The van der Waals surface area contributed by atoms with Gasteiger partial charge < -0.3 is 4.74 Å². The number of rotatable bonds is 4. The lowest BCUT2D eigenvalue weighted by atomic mass is 10.2. The van der Waals surface area contributed by atoms with Crippen LogP contribution in [0.2, 0.25) is 10.0 Å². The average molecular weight is 324 g/mol. The molecule has 2 aromatic rings. The van der Waals surface area contributed by atoms with Crippen LogP contribution < -0.4 is 5.43 Å². The molecule has 0 atom stereocenters. The van der Waals surface area contributed by atoms with Gasteiger partial charge in [0.25, 0.3) is 0 Å². The SMILES string of the molecule is COC(=O)c1ccc(NN=Nc2c(Cl)cccc2Cl)cc1. The molecule has 0 unspecified atom stereocenters. The van der Waals surface area contributed by atoms with E-state index in [1.807, 2.05) is 0 Å². The molecule has 0 radical (unpaired) electrons. The molecule has 0 saturated heterocycles. The molecule has 0 amide bonds. The molecule has 0 heterocycles. The van der Waals surface area contributed by atoms with Crippen LogP contribution in [0.1, 0.15) is 10.4 Å². The number of nitrogens with one attached hydrogen (secondary N) is 1. The second-order valence-electron chi connectivity index (χ2n) is 3.95. The minimum Gasteiger partial charge on any atom is -0.465 e. The fourth-order valence-corrected chi connectivity index (χ4v) is 1.99. The highest BCUT2D eigenvalue weighted by Gasteiger charge is 2.05. The fourth-order valence-electron chi connectivity index (χ4n) is 1.52. The third-order valence-electron chi connectivity index (χ3n) is 2.57. The minimum absolute atomic E-state index is 0.388. The summed E-state index contributed by atoms with van der Waals surface area (Å²) < 4.78 is 4.61. The van der Waals surface area contributed by atoms with E-state index < -0.39 is 5.97 Å². The quantitative estimate of drug-likeness (QED) is 0.495. The number of benzene rings is 2. The van der Waals surface area contributed by atoms with E-state index in [0.717, 1.165) is 0 Å². The predicted octanol–water partition coefficient (Wildman–Crippen LogP) is 4.89. The van der Waals surface area contributed by atoms with Crippen LogP contribution in [0, 0.1) is 0 Å². The van der Waals surface area contributed by atoms with Gasteiger partial charge in [-0.15, -0.1) is 5.11 Å². The van der Waals surface area contributed by atoms with Gasteiger partial charge in [0.1, 0.15) is 5.69 Å². The van der Waals surface area contributed by atoms with Crippen LogP contribution in [0.25, 0.3) is 0 Å². The number of hydrogen-bond acceptors (Lipinski definition) is 4. The van der Waals surface area contributed by atoms with Crippen LogP contribution in [0.15, 0.2) is 52.8 Å². The zero-order valence-electron chi connectivity index (χ0n) is 11.0. The lowest BCUT2D eigenvalue weighted by molar-refractivity contribution is 0.0601. The molecule has 1 N–H and O–H groups in total. The van der Waals surface area contributed by atoms with Crippen LogP contribution in [-0.4, -0.2) is 13.1 Å². The summed E-state index contributed by atoms with van der Waals surface area (Å²) in [4.78, 5) is 11.3. The van der Waals surface area contributed by atoms with Crippen molar-refractivity contribution in [2.45, 2.75) is 0 Å². The summed E-state index contributed by atoms with van der Waals surface area (Å²) in [5, 5.41) is 8.57. The number of carbonyl (C=O) groups is 1. The maximum atomic E-state index is 11.3. The molecule has 7 heteroatoms. The van der Waals surface area contributed by atoms with Gasteiger partial charge in [0, 0.05) is 0 Å². The van der Waals surface area contributed by atoms with E-state index in [9.17, 15) is 4.79 Å². The number of hydrogen-bond donors (Lipinski definition) is 1. The summed E-state index contributed by atoms with van der Waals surface area (Å²) >= 11 is 11.9. The number of methoxy groups -OCH3 is 1. The smallest absolute Gasteiger partial charge is 0.337 e. The Balaban J connectivity index is 2.06. The van der Waals surface area contributed by atoms with Crippen molar-refractivity contribution in [3.8, 4) is 0 Å². The first-order chi connectivity index (χ1) is 10.1. The van der Waals surface area contributed by atoms with E-state index in [2.05, 4.69) is 20.5 Å². The summed E-state index contributed by atoms with van der Waals surface area (Å²) in [6, 6.07) is 11.7. The first-order valence-electron chi connectivity index (χ1n) is 5.91. The van der Waals surface area contributed by atoms with Gasteiger partial charge in [-0.1, -0.05) is 34.5 Å². The lowest BCUT2D eigenvalue weighted by Crippen LogP contribution is -2.00. The Labute approximate surface area is 131 Å². The van der Waals surface area contributed by atoms with Gasteiger partial charge in [0.05, 0.1) is 28.4 Å². The van der Waals surface area contributed by atoms with E-state index in [1.54, 1.807) is 42.5 Å². The Morgan fingerprint density at radius 2 is 1.71 bits per heavy atom. The Bertz CT molecular complexity index is 652. The molecule has 0 aliphatic heterocycles. The van der Waals surface area contributed by atoms with Crippen molar-refractivity contribution in [1.82, 2.24) is 0 Å². The third-order valence-corrected chi connectivity index (χ3v) is 3.18. The molecule has 0 aromatic heterocycles. The van der Waals surface area contributed by atoms with Crippen LogP contribution >= 0.6 is 23.2 Å². The summed E-state index contributed by atoms with van der Waals surface area (Å²) in [5.74, 6) is -0.397. The van der Waals surface area contributed by atoms with Crippen molar-refractivity contribution in [1.29, 1.82) is 0 Å². The normalized spacial score (nSPS) is 10.6. The maximum absolute atomic E-state index is 11.3. The van der Waals surface area contributed by atoms with Crippen molar-refractivity contribution in [3.05, 3.63) is 58.1 Å². The Morgan fingerprint density at radius 1 is 1.10 bits per heavy atom. The Hall–Kier alpha value is -2.11. The minimum atomic E-state index is -0.397. The molecule has 108 valence electrons. The Morgan fingerprint density at radius 3 is 2.29 bits per heavy atom. The van der Waals surface area contributed by atoms with E-state index in [4.69, 9.17) is 23.2 Å². The molecule has 2 rings (SSSR count). The van der Waals surface area contributed by atoms with Crippen molar-refractivity contribution >= 4 is 40.5 Å². The largest absolute Gasteiger partial charge is 0.465 e. The highest BCUT2D eigenvalue weighted by molar-refractivity contribution is 6.38. The molecule has 0 aliphatic carbocycles. The maximum Gasteiger partial charge on any atom is 0.337 e. The number of halogens is 2. The molecule has 2 aromatic carbocycles. The Kier molecular flexibility index (Phi) is 5.14. The average Bonchev–Trinajstić information content (AvgIpc) is 2.50. The van der Waals surface area contributed by atoms with Gasteiger partial charge in [-0.25, -0.2) is 4.79 Å². The second-order valence-corrected chi connectivity index (χ2v) is 4.77.